The molecule has 0 bridgehead atoms. The Morgan fingerprint density at radius 3 is 2.48 bits per heavy atom. The lowest BCUT2D eigenvalue weighted by Gasteiger charge is -2.36. The number of hydrogen-bond donors (Lipinski definition) is 1. The van der Waals surface area contributed by atoms with Gasteiger partial charge in [-0.25, -0.2) is 9.50 Å². The van der Waals surface area contributed by atoms with Crippen molar-refractivity contribution in [2.45, 2.75) is 39.2 Å². The summed E-state index contributed by atoms with van der Waals surface area (Å²) in [6.07, 6.45) is 2.01. The monoisotopic (exact) mass is 336 g/mol. The molecule has 0 saturated carbocycles. The number of hydrogen-bond acceptors (Lipinski definition) is 6. The second-order valence-corrected chi connectivity index (χ2v) is 8.02. The summed E-state index contributed by atoms with van der Waals surface area (Å²) in [5, 5.41) is 5.65. The van der Waals surface area contributed by atoms with Crippen LogP contribution in [0.5, 0.6) is 0 Å². The van der Waals surface area contributed by atoms with Gasteiger partial charge in [0.25, 0.3) is 0 Å². The van der Waals surface area contributed by atoms with E-state index < -0.39 is 0 Å². The third kappa shape index (κ3) is 3.18. The highest BCUT2D eigenvalue weighted by molar-refractivity contribution is 7.20. The number of imidazole rings is 1. The van der Waals surface area contributed by atoms with E-state index in [9.17, 15) is 4.79 Å². The van der Waals surface area contributed by atoms with Crippen LogP contribution in [0.15, 0.2) is 6.20 Å². The van der Waals surface area contributed by atoms with E-state index in [1.807, 2.05) is 17.6 Å². The van der Waals surface area contributed by atoms with Crippen LogP contribution in [0.4, 0.5) is 5.13 Å². The van der Waals surface area contributed by atoms with Gasteiger partial charge in [-0.3, -0.25) is 9.69 Å². The van der Waals surface area contributed by atoms with Crippen LogP contribution in [0, 0.1) is 0 Å². The Bertz CT molecular complexity index is 676. The molecular formula is C15H24N6OS. The molecule has 0 spiro atoms. The molecule has 126 valence electrons. The van der Waals surface area contributed by atoms with Crippen molar-refractivity contribution in [2.24, 2.45) is 5.73 Å². The Labute approximate surface area is 140 Å². The van der Waals surface area contributed by atoms with Crippen LogP contribution in [0.2, 0.25) is 0 Å². The van der Waals surface area contributed by atoms with Crippen LogP contribution < -0.4 is 10.6 Å². The topological polar surface area (TPSA) is 79.8 Å². The molecule has 23 heavy (non-hydrogen) atoms. The number of carbonyl (C=O) groups is 1. The molecule has 2 aromatic heterocycles. The molecule has 0 aliphatic carbocycles. The van der Waals surface area contributed by atoms with Gasteiger partial charge in [-0.15, -0.1) is 5.10 Å². The highest BCUT2D eigenvalue weighted by Crippen LogP contribution is 2.28. The maximum Gasteiger partial charge on any atom is 0.234 e. The molecule has 1 unspecified atom stereocenters. The Kier molecular flexibility index (Phi) is 4.05. The smallest absolute Gasteiger partial charge is 0.234 e. The normalized spacial score (nSPS) is 18.5. The van der Waals surface area contributed by atoms with Gasteiger partial charge < -0.3 is 10.6 Å². The summed E-state index contributed by atoms with van der Waals surface area (Å²) < 4.78 is 1.87. The lowest BCUT2D eigenvalue weighted by Crippen LogP contribution is -2.53. The van der Waals surface area contributed by atoms with E-state index in [4.69, 9.17) is 5.73 Å². The quantitative estimate of drug-likeness (QED) is 0.907. The summed E-state index contributed by atoms with van der Waals surface area (Å²) in [5.74, 6) is -0.263. The predicted molar refractivity (Wildman–Crippen MR) is 92.0 cm³/mol. The van der Waals surface area contributed by atoms with E-state index in [0.29, 0.717) is 0 Å². The number of piperazine rings is 1. The molecule has 1 aliphatic heterocycles. The van der Waals surface area contributed by atoms with E-state index in [2.05, 4.69) is 40.7 Å². The number of anilines is 1. The third-order valence-corrected chi connectivity index (χ3v) is 5.33. The fraction of sp³-hybridized carbons (Fsp3) is 0.667. The SMILES string of the molecule is CC(C(N)=O)N1CCN(c2nn3cc(C(C)(C)C)nc3s2)CC1. The van der Waals surface area contributed by atoms with Crippen molar-refractivity contribution >= 4 is 27.3 Å². The van der Waals surface area contributed by atoms with Gasteiger partial charge in [-0.1, -0.05) is 32.1 Å². The maximum absolute atomic E-state index is 11.3. The fourth-order valence-corrected chi connectivity index (χ4v) is 3.59. The minimum Gasteiger partial charge on any atom is -0.368 e. The number of rotatable bonds is 3. The van der Waals surface area contributed by atoms with Crippen molar-refractivity contribution in [3.8, 4) is 0 Å². The highest BCUT2D eigenvalue weighted by atomic mass is 32.1. The number of nitrogens with two attached hydrogens (primary N) is 1. The van der Waals surface area contributed by atoms with Gasteiger partial charge in [0.2, 0.25) is 16.0 Å². The van der Waals surface area contributed by atoms with Crippen LogP contribution in [-0.4, -0.2) is 57.6 Å². The Morgan fingerprint density at radius 1 is 1.30 bits per heavy atom. The standard InChI is InChI=1S/C15H24N6OS/c1-10(12(16)22)19-5-7-20(8-6-19)14-18-21-9-11(15(2,3)4)17-13(21)23-14/h9-10H,5-8H2,1-4H3,(H2,16,22). The van der Waals surface area contributed by atoms with Crippen molar-refractivity contribution in [1.29, 1.82) is 0 Å². The Balaban J connectivity index is 1.70. The first-order valence-electron chi connectivity index (χ1n) is 7.91. The van der Waals surface area contributed by atoms with Gasteiger partial charge in [0.05, 0.1) is 17.9 Å². The lowest BCUT2D eigenvalue weighted by atomic mass is 9.93. The van der Waals surface area contributed by atoms with Crippen molar-refractivity contribution in [1.82, 2.24) is 19.5 Å². The number of amides is 1. The molecule has 3 rings (SSSR count). The van der Waals surface area contributed by atoms with Gasteiger partial charge in [0, 0.05) is 31.6 Å². The summed E-state index contributed by atoms with van der Waals surface area (Å²) in [6, 6.07) is -0.208. The number of nitrogens with zero attached hydrogens (tertiary/aromatic N) is 5. The summed E-state index contributed by atoms with van der Waals surface area (Å²) in [7, 11) is 0. The van der Waals surface area contributed by atoms with Crippen LogP contribution in [0.25, 0.3) is 4.96 Å². The number of fused-ring (bicyclic) bond motifs is 1. The largest absolute Gasteiger partial charge is 0.368 e. The first-order chi connectivity index (χ1) is 10.8. The van der Waals surface area contributed by atoms with Crippen LogP contribution >= 0.6 is 11.3 Å². The van der Waals surface area contributed by atoms with Crippen molar-refractivity contribution < 1.29 is 4.79 Å². The molecule has 8 heteroatoms. The first kappa shape index (κ1) is 16.2. The lowest BCUT2D eigenvalue weighted by molar-refractivity contribution is -0.122. The molecule has 1 aliphatic rings. The minimum atomic E-state index is -0.263. The van der Waals surface area contributed by atoms with Crippen molar-refractivity contribution in [2.75, 3.05) is 31.1 Å². The average Bonchev–Trinajstić information content (AvgIpc) is 3.04. The third-order valence-electron chi connectivity index (χ3n) is 4.35. The van der Waals surface area contributed by atoms with E-state index in [-0.39, 0.29) is 17.4 Å². The zero-order valence-corrected chi connectivity index (χ0v) is 14.9. The molecule has 1 amide bonds. The molecule has 1 saturated heterocycles. The summed E-state index contributed by atoms with van der Waals surface area (Å²) in [5.41, 5.74) is 6.47. The molecule has 1 fully saturated rings. The first-order valence-corrected chi connectivity index (χ1v) is 8.72. The molecule has 2 aromatic rings. The molecule has 0 radical (unpaired) electrons. The minimum absolute atomic E-state index is 0.0319. The zero-order chi connectivity index (χ0) is 16.8. The van der Waals surface area contributed by atoms with Crippen LogP contribution in [-0.2, 0) is 10.2 Å². The number of aromatic nitrogens is 3. The Hall–Kier alpha value is -1.67. The van der Waals surface area contributed by atoms with E-state index in [1.54, 1.807) is 11.3 Å². The second-order valence-electron chi connectivity index (χ2n) is 7.09. The molecular weight excluding hydrogens is 312 g/mol. The summed E-state index contributed by atoms with van der Waals surface area (Å²) in [4.78, 5) is 21.3. The molecule has 1 atom stereocenters. The number of carbonyl (C=O) groups excluding carboxylic acids is 1. The van der Waals surface area contributed by atoms with Gasteiger partial charge in [0.15, 0.2) is 0 Å². The summed E-state index contributed by atoms with van der Waals surface area (Å²) >= 11 is 1.61. The summed E-state index contributed by atoms with van der Waals surface area (Å²) in [6.45, 7) is 11.7. The molecule has 0 aromatic carbocycles. The Morgan fingerprint density at radius 2 is 1.96 bits per heavy atom. The highest BCUT2D eigenvalue weighted by Gasteiger charge is 2.26. The fourth-order valence-electron chi connectivity index (χ4n) is 2.66. The van der Waals surface area contributed by atoms with E-state index >= 15 is 0 Å². The van der Waals surface area contributed by atoms with Crippen LogP contribution in [0.3, 0.4) is 0 Å². The average molecular weight is 336 g/mol. The van der Waals surface area contributed by atoms with Gasteiger partial charge in [-0.2, -0.15) is 0 Å². The van der Waals surface area contributed by atoms with Crippen LogP contribution in [0.1, 0.15) is 33.4 Å². The molecule has 7 nitrogen and oxygen atoms in total. The maximum atomic E-state index is 11.3. The van der Waals surface area contributed by atoms with Gasteiger partial charge in [-0.05, 0) is 6.92 Å². The van der Waals surface area contributed by atoms with Gasteiger partial charge in [0.1, 0.15) is 0 Å². The van der Waals surface area contributed by atoms with E-state index in [1.165, 1.54) is 0 Å². The number of primary amides is 1. The van der Waals surface area contributed by atoms with Crippen molar-refractivity contribution in [3.05, 3.63) is 11.9 Å². The zero-order valence-electron chi connectivity index (χ0n) is 14.1. The predicted octanol–water partition coefficient (Wildman–Crippen LogP) is 1.08. The molecule has 3 heterocycles. The van der Waals surface area contributed by atoms with Gasteiger partial charge >= 0.3 is 0 Å². The van der Waals surface area contributed by atoms with E-state index in [0.717, 1.165) is 42.0 Å². The van der Waals surface area contributed by atoms with Crippen molar-refractivity contribution in [3.63, 3.8) is 0 Å². The molecule has 2 N–H and O–H groups in total. The second kappa shape index (κ2) is 5.76.